The van der Waals surface area contributed by atoms with Crippen molar-refractivity contribution in [1.29, 1.82) is 0 Å². The van der Waals surface area contributed by atoms with Crippen molar-refractivity contribution in [3.05, 3.63) is 46.5 Å². The lowest BCUT2D eigenvalue weighted by Gasteiger charge is -2.19. The number of hydrogen-bond donors (Lipinski definition) is 0. The average molecular weight is 332 g/mol. The predicted molar refractivity (Wildman–Crippen MR) is 76.9 cm³/mol. The summed E-state index contributed by atoms with van der Waals surface area (Å²) in [6.45, 7) is 1.83. The maximum Gasteiger partial charge on any atom is 0.417 e. The van der Waals surface area contributed by atoms with Crippen LogP contribution in [0, 0.1) is 5.92 Å². The molecule has 0 aliphatic carbocycles. The number of benzene rings is 1. The number of hydrogen-bond acceptors (Lipinski definition) is 3. The van der Waals surface area contributed by atoms with E-state index >= 15 is 0 Å². The molecule has 0 fully saturated rings. The number of nitrogens with zero attached hydrogens (tertiary/aromatic N) is 1. The fourth-order valence-electron chi connectivity index (χ4n) is 2.10. The Morgan fingerprint density at radius 1 is 1.41 bits per heavy atom. The molecule has 22 heavy (non-hydrogen) atoms. The molecule has 3 nitrogen and oxygen atoms in total. The first-order valence-electron chi connectivity index (χ1n) is 6.59. The smallest absolute Gasteiger partial charge is 0.417 e. The number of rotatable bonds is 3. The van der Waals surface area contributed by atoms with Gasteiger partial charge in [-0.1, -0.05) is 29.8 Å². The minimum atomic E-state index is -4.49. The van der Waals surface area contributed by atoms with Gasteiger partial charge >= 0.3 is 12.1 Å². The molecular formula is C15H13ClF3NO2. The maximum atomic E-state index is 13.0. The van der Waals surface area contributed by atoms with Gasteiger partial charge < -0.3 is 4.74 Å². The molecule has 7 heteroatoms. The topological polar surface area (TPSA) is 38.7 Å². The standard InChI is InChI=1S/C15H13ClF3NO2/c1-2-22-14(21)10-8-20-13(7-12(10)16)9-5-3-4-6-11(9)15(17,18)19/h3-7,10H,2,8H2,1H3. The summed E-state index contributed by atoms with van der Waals surface area (Å²) >= 11 is 6.02. The van der Waals surface area contributed by atoms with Gasteiger partial charge in [0.15, 0.2) is 0 Å². The Morgan fingerprint density at radius 3 is 2.68 bits per heavy atom. The zero-order chi connectivity index (χ0) is 16.3. The molecule has 1 aliphatic rings. The van der Waals surface area contributed by atoms with Crippen molar-refractivity contribution in [3.63, 3.8) is 0 Å². The molecule has 0 amide bonds. The normalized spacial score (nSPS) is 18.5. The molecule has 0 bridgehead atoms. The Bertz CT molecular complexity index is 638. The van der Waals surface area contributed by atoms with Crippen LogP contribution >= 0.6 is 11.6 Å². The first-order valence-corrected chi connectivity index (χ1v) is 6.97. The minimum Gasteiger partial charge on any atom is -0.465 e. The maximum absolute atomic E-state index is 13.0. The van der Waals surface area contributed by atoms with Crippen LogP contribution in [0.5, 0.6) is 0 Å². The summed E-state index contributed by atoms with van der Waals surface area (Å²) in [6.07, 6.45) is -3.20. The number of alkyl halides is 3. The fraction of sp³-hybridized carbons (Fsp3) is 0.333. The van der Waals surface area contributed by atoms with Gasteiger partial charge in [-0.15, -0.1) is 0 Å². The van der Waals surface area contributed by atoms with Crippen LogP contribution in [0.1, 0.15) is 18.1 Å². The van der Waals surface area contributed by atoms with E-state index in [9.17, 15) is 18.0 Å². The van der Waals surface area contributed by atoms with E-state index < -0.39 is 23.6 Å². The molecular weight excluding hydrogens is 319 g/mol. The van der Waals surface area contributed by atoms with Crippen LogP contribution in [-0.2, 0) is 15.7 Å². The van der Waals surface area contributed by atoms with Crippen LogP contribution in [0.3, 0.4) is 0 Å². The Morgan fingerprint density at radius 2 is 2.09 bits per heavy atom. The van der Waals surface area contributed by atoms with Crippen LogP contribution in [0.25, 0.3) is 0 Å². The number of carbonyl (C=O) groups is 1. The third-order valence-corrected chi connectivity index (χ3v) is 3.50. The monoisotopic (exact) mass is 331 g/mol. The summed E-state index contributed by atoms with van der Waals surface area (Å²) in [4.78, 5) is 15.7. The van der Waals surface area contributed by atoms with Crippen molar-refractivity contribution >= 4 is 23.3 Å². The molecule has 0 spiro atoms. The highest BCUT2D eigenvalue weighted by molar-refractivity contribution is 6.34. The molecule has 118 valence electrons. The molecule has 1 aromatic carbocycles. The van der Waals surface area contributed by atoms with E-state index in [0.717, 1.165) is 6.07 Å². The molecule has 0 saturated heterocycles. The molecule has 0 N–H and O–H groups in total. The summed E-state index contributed by atoms with van der Waals surface area (Å²) in [5.74, 6) is -1.29. The summed E-state index contributed by atoms with van der Waals surface area (Å²) in [6, 6.07) is 5.11. The first-order chi connectivity index (χ1) is 10.3. The second kappa shape index (κ2) is 6.52. The zero-order valence-corrected chi connectivity index (χ0v) is 12.4. The largest absolute Gasteiger partial charge is 0.465 e. The lowest BCUT2D eigenvalue weighted by atomic mass is 9.98. The van der Waals surface area contributed by atoms with E-state index in [1.165, 1.54) is 24.3 Å². The van der Waals surface area contributed by atoms with Crippen molar-refractivity contribution in [2.45, 2.75) is 13.1 Å². The van der Waals surface area contributed by atoms with Crippen LogP contribution in [0.15, 0.2) is 40.4 Å². The molecule has 0 saturated carbocycles. The molecule has 1 atom stereocenters. The highest BCUT2D eigenvalue weighted by Crippen LogP contribution is 2.33. The van der Waals surface area contributed by atoms with E-state index in [0.29, 0.717) is 0 Å². The van der Waals surface area contributed by atoms with Gasteiger partial charge in [-0.25, -0.2) is 0 Å². The summed E-state index contributed by atoms with van der Waals surface area (Å²) in [5, 5.41) is 0.125. The van der Waals surface area contributed by atoms with Crippen molar-refractivity contribution in [2.75, 3.05) is 13.2 Å². The van der Waals surface area contributed by atoms with E-state index in [-0.39, 0.29) is 29.5 Å². The third-order valence-electron chi connectivity index (χ3n) is 3.13. The van der Waals surface area contributed by atoms with E-state index in [1.807, 2.05) is 0 Å². The van der Waals surface area contributed by atoms with Gasteiger partial charge in [0.25, 0.3) is 0 Å². The molecule has 1 heterocycles. The molecule has 0 aromatic heterocycles. The van der Waals surface area contributed by atoms with E-state index in [4.69, 9.17) is 16.3 Å². The predicted octanol–water partition coefficient (Wildman–Crippen LogP) is 3.81. The van der Waals surface area contributed by atoms with Gasteiger partial charge in [0.1, 0.15) is 5.92 Å². The first kappa shape index (κ1) is 16.5. The van der Waals surface area contributed by atoms with Gasteiger partial charge in [0.05, 0.1) is 24.4 Å². The Hall–Kier alpha value is -1.82. The van der Waals surface area contributed by atoms with Gasteiger partial charge in [0.2, 0.25) is 0 Å². The average Bonchev–Trinajstić information content (AvgIpc) is 2.46. The van der Waals surface area contributed by atoms with Crippen molar-refractivity contribution in [3.8, 4) is 0 Å². The lowest BCUT2D eigenvalue weighted by Crippen LogP contribution is -2.25. The number of halogens is 4. The second-order valence-corrected chi connectivity index (χ2v) is 5.04. The van der Waals surface area contributed by atoms with Crippen molar-refractivity contribution in [2.24, 2.45) is 10.9 Å². The SMILES string of the molecule is CCOC(=O)C1CN=C(c2ccccc2C(F)(F)F)C=C1Cl. The van der Waals surface area contributed by atoms with Gasteiger partial charge in [-0.3, -0.25) is 9.79 Å². The summed E-state index contributed by atoms with van der Waals surface area (Å²) in [7, 11) is 0. The highest BCUT2D eigenvalue weighted by atomic mass is 35.5. The Labute approximate surface area is 130 Å². The van der Waals surface area contributed by atoms with E-state index in [1.54, 1.807) is 6.92 Å². The number of carbonyl (C=O) groups excluding carboxylic acids is 1. The highest BCUT2D eigenvalue weighted by Gasteiger charge is 2.35. The number of esters is 1. The van der Waals surface area contributed by atoms with Crippen LogP contribution < -0.4 is 0 Å². The fourth-order valence-corrected chi connectivity index (χ4v) is 2.36. The number of aliphatic imine (C=N–C) groups is 1. The summed E-state index contributed by atoms with van der Waals surface area (Å²) < 4.78 is 43.9. The van der Waals surface area contributed by atoms with Crippen LogP contribution in [0.4, 0.5) is 13.2 Å². The zero-order valence-electron chi connectivity index (χ0n) is 11.7. The molecule has 2 rings (SSSR count). The molecule has 1 unspecified atom stereocenters. The van der Waals surface area contributed by atoms with Gasteiger partial charge in [-0.2, -0.15) is 13.2 Å². The van der Waals surface area contributed by atoms with Crippen molar-refractivity contribution < 1.29 is 22.7 Å². The minimum absolute atomic E-state index is 0.0321. The second-order valence-electron chi connectivity index (χ2n) is 4.60. The molecule has 0 radical (unpaired) electrons. The van der Waals surface area contributed by atoms with Crippen LogP contribution in [0.2, 0.25) is 0 Å². The Kier molecular flexibility index (Phi) is 4.90. The van der Waals surface area contributed by atoms with Crippen LogP contribution in [-0.4, -0.2) is 24.8 Å². The van der Waals surface area contributed by atoms with E-state index in [2.05, 4.69) is 4.99 Å². The molecule has 1 aliphatic heterocycles. The quantitative estimate of drug-likeness (QED) is 0.790. The van der Waals surface area contributed by atoms with Gasteiger partial charge in [-0.05, 0) is 19.1 Å². The summed E-state index contributed by atoms with van der Waals surface area (Å²) in [5.41, 5.74) is -0.738. The number of ether oxygens (including phenoxy) is 1. The lowest BCUT2D eigenvalue weighted by molar-refractivity contribution is -0.146. The Balaban J connectivity index is 2.33. The molecule has 1 aromatic rings. The van der Waals surface area contributed by atoms with Crippen molar-refractivity contribution in [1.82, 2.24) is 0 Å². The number of dihydropyridines is 1. The van der Waals surface area contributed by atoms with Gasteiger partial charge in [0, 0.05) is 10.6 Å². The number of allylic oxidation sites excluding steroid dienone is 1. The third kappa shape index (κ3) is 3.50.